The molecule has 0 aliphatic heterocycles. The minimum Gasteiger partial charge on any atom is -0.313 e. The van der Waals surface area contributed by atoms with Crippen LogP contribution in [0.1, 0.15) is 43.7 Å². The molecule has 2 aromatic rings. The number of nitrogens with one attached hydrogen (secondary N) is 1. The lowest BCUT2D eigenvalue weighted by atomic mass is 9.81. The first-order valence-corrected chi connectivity index (χ1v) is 7.54. The average molecular weight is 253 g/mol. The zero-order valence-electron chi connectivity index (χ0n) is 11.7. The zero-order valence-corrected chi connectivity index (χ0v) is 11.7. The van der Waals surface area contributed by atoms with Gasteiger partial charge in [-0.2, -0.15) is 0 Å². The summed E-state index contributed by atoms with van der Waals surface area (Å²) in [5.41, 5.74) is 1.45. The van der Waals surface area contributed by atoms with Crippen molar-refractivity contribution < 1.29 is 0 Å². The molecule has 0 spiro atoms. The van der Waals surface area contributed by atoms with E-state index in [-0.39, 0.29) is 0 Å². The molecule has 100 valence electrons. The highest BCUT2D eigenvalue weighted by Gasteiger charge is 2.23. The molecule has 0 bridgehead atoms. The summed E-state index contributed by atoms with van der Waals surface area (Å²) in [7, 11) is 2.11. The number of hydrogen-bond acceptors (Lipinski definition) is 1. The van der Waals surface area contributed by atoms with E-state index in [2.05, 4.69) is 54.8 Å². The second-order valence-electron chi connectivity index (χ2n) is 5.77. The molecule has 3 rings (SSSR count). The molecule has 1 atom stereocenters. The Hall–Kier alpha value is -1.34. The average Bonchev–Trinajstić information content (AvgIpc) is 2.49. The molecule has 0 radical (unpaired) electrons. The van der Waals surface area contributed by atoms with Crippen molar-refractivity contribution in [2.24, 2.45) is 5.92 Å². The van der Waals surface area contributed by atoms with Crippen LogP contribution >= 0.6 is 0 Å². The predicted octanol–water partition coefficient (Wildman–Crippen LogP) is 4.68. The molecule has 19 heavy (non-hydrogen) atoms. The van der Waals surface area contributed by atoms with Gasteiger partial charge in [-0.25, -0.2) is 0 Å². The van der Waals surface area contributed by atoms with E-state index < -0.39 is 0 Å². The van der Waals surface area contributed by atoms with E-state index in [0.717, 1.165) is 5.92 Å². The fourth-order valence-electron chi connectivity index (χ4n) is 3.54. The smallest absolute Gasteiger partial charge is 0.0346 e. The maximum absolute atomic E-state index is 3.55. The van der Waals surface area contributed by atoms with Crippen LogP contribution in [0.15, 0.2) is 42.5 Å². The molecule has 0 heterocycles. The molecule has 1 N–H and O–H groups in total. The Morgan fingerprint density at radius 3 is 2.42 bits per heavy atom. The Kier molecular flexibility index (Phi) is 3.84. The first-order chi connectivity index (χ1) is 9.38. The second-order valence-corrected chi connectivity index (χ2v) is 5.77. The maximum Gasteiger partial charge on any atom is 0.0346 e. The molecule has 0 amide bonds. The highest BCUT2D eigenvalue weighted by Crippen LogP contribution is 2.35. The summed E-state index contributed by atoms with van der Waals surface area (Å²) in [6, 6.07) is 16.1. The summed E-state index contributed by atoms with van der Waals surface area (Å²) in [5, 5.41) is 6.25. The molecule has 1 fully saturated rings. The molecule has 1 nitrogen and oxygen atoms in total. The number of rotatable bonds is 3. The van der Waals surface area contributed by atoms with Gasteiger partial charge in [-0.3, -0.25) is 0 Å². The Morgan fingerprint density at radius 1 is 0.947 bits per heavy atom. The van der Waals surface area contributed by atoms with Gasteiger partial charge in [-0.1, -0.05) is 55.7 Å². The Morgan fingerprint density at radius 2 is 1.68 bits per heavy atom. The van der Waals surface area contributed by atoms with Gasteiger partial charge in [0, 0.05) is 6.04 Å². The lowest BCUT2D eigenvalue weighted by Gasteiger charge is -2.30. The van der Waals surface area contributed by atoms with Crippen molar-refractivity contribution in [1.29, 1.82) is 0 Å². The minimum absolute atomic E-state index is 0.518. The first kappa shape index (κ1) is 12.7. The monoisotopic (exact) mass is 253 g/mol. The highest BCUT2D eigenvalue weighted by molar-refractivity contribution is 5.83. The lowest BCUT2D eigenvalue weighted by molar-refractivity contribution is 0.282. The Balaban J connectivity index is 1.91. The minimum atomic E-state index is 0.518. The van der Waals surface area contributed by atoms with Gasteiger partial charge in [0.05, 0.1) is 0 Å². The van der Waals surface area contributed by atoms with Crippen LogP contribution in [0.4, 0.5) is 0 Å². The molecule has 0 aromatic heterocycles. The van der Waals surface area contributed by atoms with E-state index in [1.54, 1.807) is 0 Å². The topological polar surface area (TPSA) is 12.0 Å². The predicted molar refractivity (Wildman–Crippen MR) is 82.3 cm³/mol. The summed E-state index contributed by atoms with van der Waals surface area (Å²) < 4.78 is 0. The van der Waals surface area contributed by atoms with Gasteiger partial charge in [0.25, 0.3) is 0 Å². The molecule has 0 saturated heterocycles. The molecule has 1 unspecified atom stereocenters. The Labute approximate surface area is 116 Å². The summed E-state index contributed by atoms with van der Waals surface area (Å²) in [6.45, 7) is 0. The summed E-state index contributed by atoms with van der Waals surface area (Å²) in [6.07, 6.45) is 6.97. The Bertz CT molecular complexity index is 540. The van der Waals surface area contributed by atoms with Gasteiger partial charge in [0.1, 0.15) is 0 Å². The van der Waals surface area contributed by atoms with E-state index in [1.807, 2.05) is 0 Å². The van der Waals surface area contributed by atoms with Gasteiger partial charge in [-0.05, 0) is 48.2 Å². The van der Waals surface area contributed by atoms with Crippen molar-refractivity contribution in [2.75, 3.05) is 7.05 Å². The van der Waals surface area contributed by atoms with Crippen LogP contribution in [-0.2, 0) is 0 Å². The van der Waals surface area contributed by atoms with Crippen LogP contribution in [0, 0.1) is 5.92 Å². The van der Waals surface area contributed by atoms with E-state index >= 15 is 0 Å². The highest BCUT2D eigenvalue weighted by atomic mass is 14.9. The number of benzene rings is 2. The quantitative estimate of drug-likeness (QED) is 0.837. The van der Waals surface area contributed by atoms with E-state index in [0.29, 0.717) is 6.04 Å². The van der Waals surface area contributed by atoms with Crippen LogP contribution in [0.3, 0.4) is 0 Å². The third-order valence-corrected chi connectivity index (χ3v) is 4.56. The maximum atomic E-state index is 3.55. The summed E-state index contributed by atoms with van der Waals surface area (Å²) in [4.78, 5) is 0. The molecule has 1 aliphatic carbocycles. The van der Waals surface area contributed by atoms with Gasteiger partial charge in [0.15, 0.2) is 0 Å². The first-order valence-electron chi connectivity index (χ1n) is 7.54. The van der Waals surface area contributed by atoms with E-state index in [1.165, 1.54) is 48.4 Å². The standard InChI is InChI=1S/C18H23N/c1-19-18(15-8-3-2-4-9-15)17-12-11-14-7-5-6-10-16(14)13-17/h5-7,10-13,15,18-19H,2-4,8-9H2,1H3. The normalized spacial score (nSPS) is 18.6. The van der Waals surface area contributed by atoms with Crippen molar-refractivity contribution in [1.82, 2.24) is 5.32 Å². The van der Waals surface area contributed by atoms with Gasteiger partial charge >= 0.3 is 0 Å². The van der Waals surface area contributed by atoms with Crippen molar-refractivity contribution in [3.63, 3.8) is 0 Å². The third-order valence-electron chi connectivity index (χ3n) is 4.56. The second kappa shape index (κ2) is 5.75. The summed E-state index contributed by atoms with van der Waals surface area (Å²) in [5.74, 6) is 0.805. The van der Waals surface area contributed by atoms with Gasteiger partial charge in [0.2, 0.25) is 0 Å². The fourth-order valence-corrected chi connectivity index (χ4v) is 3.54. The number of hydrogen-bond donors (Lipinski definition) is 1. The van der Waals surface area contributed by atoms with E-state index in [4.69, 9.17) is 0 Å². The number of fused-ring (bicyclic) bond motifs is 1. The van der Waals surface area contributed by atoms with Crippen molar-refractivity contribution in [2.45, 2.75) is 38.1 Å². The van der Waals surface area contributed by atoms with Crippen LogP contribution < -0.4 is 5.32 Å². The van der Waals surface area contributed by atoms with Crippen molar-refractivity contribution in [3.8, 4) is 0 Å². The lowest BCUT2D eigenvalue weighted by Crippen LogP contribution is -2.26. The van der Waals surface area contributed by atoms with Gasteiger partial charge < -0.3 is 5.32 Å². The molecule has 1 heteroatoms. The molecule has 2 aromatic carbocycles. The molecule has 1 aliphatic rings. The van der Waals surface area contributed by atoms with Crippen LogP contribution in [0.5, 0.6) is 0 Å². The summed E-state index contributed by atoms with van der Waals surface area (Å²) >= 11 is 0. The van der Waals surface area contributed by atoms with Crippen LogP contribution in [0.2, 0.25) is 0 Å². The fraction of sp³-hybridized carbons (Fsp3) is 0.444. The SMILES string of the molecule is CNC(c1ccc2ccccc2c1)C1CCCCC1. The van der Waals surface area contributed by atoms with Crippen molar-refractivity contribution >= 4 is 10.8 Å². The molecular weight excluding hydrogens is 230 g/mol. The molecular formula is C18H23N. The van der Waals surface area contributed by atoms with Gasteiger partial charge in [-0.15, -0.1) is 0 Å². The zero-order chi connectivity index (χ0) is 13.1. The molecule has 1 saturated carbocycles. The van der Waals surface area contributed by atoms with E-state index in [9.17, 15) is 0 Å². The van der Waals surface area contributed by atoms with Crippen LogP contribution in [0.25, 0.3) is 10.8 Å². The largest absolute Gasteiger partial charge is 0.313 e. The van der Waals surface area contributed by atoms with Crippen LogP contribution in [-0.4, -0.2) is 7.05 Å². The van der Waals surface area contributed by atoms with Crippen molar-refractivity contribution in [3.05, 3.63) is 48.0 Å². The third kappa shape index (κ3) is 2.66.